The molecule has 2 rings (SSSR count). The summed E-state index contributed by atoms with van der Waals surface area (Å²) in [4.78, 5) is 13.2. The van der Waals surface area contributed by atoms with Gasteiger partial charge >= 0.3 is 0 Å². The highest BCUT2D eigenvalue weighted by Crippen LogP contribution is 2.29. The van der Waals surface area contributed by atoms with Gasteiger partial charge in [0.1, 0.15) is 0 Å². The Balaban J connectivity index is 2.07. The number of aliphatic hydroxyl groups excluding tert-OH is 1. The average molecular weight is 290 g/mol. The summed E-state index contributed by atoms with van der Waals surface area (Å²) >= 11 is 1.41. The van der Waals surface area contributed by atoms with E-state index < -0.39 is 5.54 Å². The maximum Gasteiger partial charge on any atom is 0.251 e. The van der Waals surface area contributed by atoms with E-state index in [4.69, 9.17) is 5.26 Å². The number of nitriles is 1. The van der Waals surface area contributed by atoms with Gasteiger partial charge in [0.05, 0.1) is 24.0 Å². The van der Waals surface area contributed by atoms with Crippen LogP contribution in [0.4, 0.5) is 0 Å². The SMILES string of the molecule is N#CCSc1cccc(C(=O)NC2(CO)CCCC2)c1. The third-order valence-electron chi connectivity index (χ3n) is 3.64. The summed E-state index contributed by atoms with van der Waals surface area (Å²) in [6, 6.07) is 9.31. The number of aliphatic hydroxyl groups is 1. The number of nitrogens with zero attached hydrogens (tertiary/aromatic N) is 1. The fourth-order valence-corrected chi connectivity index (χ4v) is 3.15. The average Bonchev–Trinajstić information content (AvgIpc) is 2.94. The Morgan fingerprint density at radius 3 is 2.85 bits per heavy atom. The summed E-state index contributed by atoms with van der Waals surface area (Å²) in [5.74, 6) is 0.214. The number of rotatable bonds is 5. The first-order valence-corrected chi connectivity index (χ1v) is 7.71. The van der Waals surface area contributed by atoms with Crippen LogP contribution in [-0.4, -0.2) is 28.9 Å². The van der Waals surface area contributed by atoms with Crippen molar-refractivity contribution in [1.82, 2.24) is 5.32 Å². The van der Waals surface area contributed by atoms with E-state index in [1.807, 2.05) is 12.1 Å². The molecule has 0 atom stereocenters. The van der Waals surface area contributed by atoms with Crippen LogP contribution in [0.1, 0.15) is 36.0 Å². The van der Waals surface area contributed by atoms with Gasteiger partial charge in [-0.05, 0) is 31.0 Å². The van der Waals surface area contributed by atoms with Gasteiger partial charge < -0.3 is 10.4 Å². The molecule has 1 aromatic rings. The van der Waals surface area contributed by atoms with Gasteiger partial charge in [-0.25, -0.2) is 0 Å². The van der Waals surface area contributed by atoms with Crippen molar-refractivity contribution in [3.63, 3.8) is 0 Å². The van der Waals surface area contributed by atoms with Crippen molar-refractivity contribution in [2.24, 2.45) is 0 Å². The lowest BCUT2D eigenvalue weighted by Crippen LogP contribution is -2.49. The van der Waals surface area contributed by atoms with E-state index in [-0.39, 0.29) is 12.5 Å². The van der Waals surface area contributed by atoms with Crippen molar-refractivity contribution in [3.8, 4) is 6.07 Å². The van der Waals surface area contributed by atoms with Crippen LogP contribution in [0.3, 0.4) is 0 Å². The molecule has 0 heterocycles. The predicted octanol–water partition coefficient (Wildman–Crippen LogP) is 2.34. The van der Waals surface area contributed by atoms with Crippen molar-refractivity contribution in [1.29, 1.82) is 5.26 Å². The van der Waals surface area contributed by atoms with E-state index in [9.17, 15) is 9.90 Å². The highest BCUT2D eigenvalue weighted by molar-refractivity contribution is 7.99. The van der Waals surface area contributed by atoms with Crippen LogP contribution >= 0.6 is 11.8 Å². The number of carbonyl (C=O) groups excluding carboxylic acids is 1. The second kappa shape index (κ2) is 6.78. The minimum atomic E-state index is -0.452. The Kier molecular flexibility index (Phi) is 5.05. The van der Waals surface area contributed by atoms with Crippen LogP contribution in [0.25, 0.3) is 0 Å². The summed E-state index contributed by atoms with van der Waals surface area (Å²) in [5.41, 5.74) is 0.125. The highest BCUT2D eigenvalue weighted by atomic mass is 32.2. The lowest BCUT2D eigenvalue weighted by atomic mass is 9.98. The zero-order valence-electron chi connectivity index (χ0n) is 11.3. The number of hydrogen-bond donors (Lipinski definition) is 2. The quantitative estimate of drug-likeness (QED) is 0.816. The molecule has 2 N–H and O–H groups in total. The molecule has 1 aliphatic rings. The van der Waals surface area contributed by atoms with Crippen LogP contribution in [0, 0.1) is 11.3 Å². The molecule has 106 valence electrons. The summed E-state index contributed by atoms with van der Waals surface area (Å²) in [7, 11) is 0. The molecule has 0 aliphatic heterocycles. The van der Waals surface area contributed by atoms with Gasteiger partial charge in [0.15, 0.2) is 0 Å². The first-order chi connectivity index (χ1) is 9.69. The Labute approximate surface area is 123 Å². The fourth-order valence-electron chi connectivity index (χ4n) is 2.53. The molecule has 0 bridgehead atoms. The molecule has 0 spiro atoms. The Bertz CT molecular complexity index is 519. The number of nitrogens with one attached hydrogen (secondary N) is 1. The minimum Gasteiger partial charge on any atom is -0.394 e. The molecule has 1 fully saturated rings. The van der Waals surface area contributed by atoms with Crippen LogP contribution in [0.2, 0.25) is 0 Å². The smallest absolute Gasteiger partial charge is 0.251 e. The molecular formula is C15H18N2O2S. The lowest BCUT2D eigenvalue weighted by molar-refractivity contribution is 0.0838. The summed E-state index contributed by atoms with van der Waals surface area (Å²) in [5, 5.41) is 21.1. The standard InChI is InChI=1S/C15H18N2O2S/c16-8-9-20-13-5-3-4-12(10-13)14(19)17-15(11-18)6-1-2-7-15/h3-5,10,18H,1-2,6-7,9,11H2,(H,17,19). The molecular weight excluding hydrogens is 272 g/mol. The summed E-state index contributed by atoms with van der Waals surface area (Å²) in [6.45, 7) is -0.0123. The fraction of sp³-hybridized carbons (Fsp3) is 0.467. The zero-order valence-corrected chi connectivity index (χ0v) is 12.1. The molecule has 0 unspecified atom stereocenters. The molecule has 0 aromatic heterocycles. The van der Waals surface area contributed by atoms with E-state index in [1.165, 1.54) is 11.8 Å². The molecule has 1 saturated carbocycles. The largest absolute Gasteiger partial charge is 0.394 e. The van der Waals surface area contributed by atoms with Crippen molar-refractivity contribution < 1.29 is 9.90 Å². The third kappa shape index (κ3) is 3.53. The lowest BCUT2D eigenvalue weighted by Gasteiger charge is -2.28. The first kappa shape index (κ1) is 14.9. The van der Waals surface area contributed by atoms with E-state index in [0.29, 0.717) is 11.3 Å². The van der Waals surface area contributed by atoms with Gasteiger partial charge in [-0.2, -0.15) is 5.26 Å². The minimum absolute atomic E-state index is 0.0123. The second-order valence-corrected chi connectivity index (χ2v) is 6.12. The Morgan fingerprint density at radius 1 is 1.45 bits per heavy atom. The Morgan fingerprint density at radius 2 is 2.20 bits per heavy atom. The molecule has 0 radical (unpaired) electrons. The topological polar surface area (TPSA) is 73.1 Å². The van der Waals surface area contributed by atoms with Crippen molar-refractivity contribution in [2.75, 3.05) is 12.4 Å². The zero-order chi connectivity index (χ0) is 14.4. The van der Waals surface area contributed by atoms with Crippen molar-refractivity contribution in [2.45, 2.75) is 36.1 Å². The Hall–Kier alpha value is -1.51. The maximum atomic E-state index is 12.3. The van der Waals surface area contributed by atoms with Crippen LogP contribution < -0.4 is 5.32 Å². The predicted molar refractivity (Wildman–Crippen MR) is 78.5 cm³/mol. The van der Waals surface area contributed by atoms with Gasteiger partial charge in [-0.15, -0.1) is 11.8 Å². The van der Waals surface area contributed by atoms with Crippen molar-refractivity contribution >= 4 is 17.7 Å². The second-order valence-electron chi connectivity index (χ2n) is 5.07. The van der Waals surface area contributed by atoms with Crippen LogP contribution in [-0.2, 0) is 0 Å². The number of carbonyl (C=O) groups is 1. The molecule has 4 nitrogen and oxygen atoms in total. The molecule has 20 heavy (non-hydrogen) atoms. The van der Waals surface area contributed by atoms with Crippen LogP contribution in [0.5, 0.6) is 0 Å². The normalized spacial score (nSPS) is 16.6. The number of amides is 1. The van der Waals surface area contributed by atoms with E-state index in [1.54, 1.807) is 12.1 Å². The van der Waals surface area contributed by atoms with Gasteiger partial charge in [0.25, 0.3) is 5.91 Å². The summed E-state index contributed by atoms with van der Waals surface area (Å²) < 4.78 is 0. The van der Waals surface area contributed by atoms with Gasteiger partial charge in [0, 0.05) is 10.5 Å². The van der Waals surface area contributed by atoms with E-state index in [2.05, 4.69) is 11.4 Å². The number of hydrogen-bond acceptors (Lipinski definition) is 4. The highest BCUT2D eigenvalue weighted by Gasteiger charge is 2.34. The molecule has 1 aromatic carbocycles. The summed E-state index contributed by atoms with van der Waals surface area (Å²) in [6.07, 6.45) is 3.74. The maximum absolute atomic E-state index is 12.3. The van der Waals surface area contributed by atoms with Crippen LogP contribution in [0.15, 0.2) is 29.2 Å². The third-order valence-corrected chi connectivity index (χ3v) is 4.50. The first-order valence-electron chi connectivity index (χ1n) is 6.72. The molecule has 1 amide bonds. The van der Waals surface area contributed by atoms with Crippen molar-refractivity contribution in [3.05, 3.63) is 29.8 Å². The molecule has 1 aliphatic carbocycles. The molecule has 5 heteroatoms. The molecule has 0 saturated heterocycles. The van der Waals surface area contributed by atoms with Gasteiger partial charge in [-0.1, -0.05) is 18.9 Å². The van der Waals surface area contributed by atoms with E-state index >= 15 is 0 Å². The van der Waals surface area contributed by atoms with Gasteiger partial charge in [-0.3, -0.25) is 4.79 Å². The monoisotopic (exact) mass is 290 g/mol. The number of benzene rings is 1. The number of thioether (sulfide) groups is 1. The van der Waals surface area contributed by atoms with Gasteiger partial charge in [0.2, 0.25) is 0 Å². The van der Waals surface area contributed by atoms with E-state index in [0.717, 1.165) is 30.6 Å².